The molecule has 1 aromatic rings. The van der Waals surface area contributed by atoms with E-state index in [9.17, 15) is 0 Å². The first kappa shape index (κ1) is 10.2. The average Bonchev–Trinajstić information content (AvgIpc) is 2.56. The Bertz CT molecular complexity index is 413. The highest BCUT2D eigenvalue weighted by atomic mass is 15.3. The SMILES string of the molecule is Cc1cccc2c1N1[C@H](C)CNC[C@H]1C2C. The number of rotatable bonds is 0. The first-order valence-corrected chi connectivity index (χ1v) is 6.28. The maximum Gasteiger partial charge on any atom is 0.0484 e. The zero-order valence-corrected chi connectivity index (χ0v) is 10.3. The molecule has 0 aromatic heterocycles. The van der Waals surface area contributed by atoms with E-state index in [1.165, 1.54) is 11.3 Å². The van der Waals surface area contributed by atoms with Gasteiger partial charge >= 0.3 is 0 Å². The average molecular weight is 216 g/mol. The van der Waals surface area contributed by atoms with Gasteiger partial charge in [0.25, 0.3) is 0 Å². The molecule has 0 bridgehead atoms. The lowest BCUT2D eigenvalue weighted by Gasteiger charge is -2.40. The number of nitrogens with one attached hydrogen (secondary N) is 1. The zero-order valence-electron chi connectivity index (χ0n) is 10.3. The van der Waals surface area contributed by atoms with E-state index < -0.39 is 0 Å². The van der Waals surface area contributed by atoms with Gasteiger partial charge in [-0.1, -0.05) is 25.1 Å². The molecule has 86 valence electrons. The van der Waals surface area contributed by atoms with Gasteiger partial charge in [0.05, 0.1) is 0 Å². The Morgan fingerprint density at radius 2 is 2.06 bits per heavy atom. The van der Waals surface area contributed by atoms with Crippen molar-refractivity contribution in [3.8, 4) is 0 Å². The van der Waals surface area contributed by atoms with Crippen molar-refractivity contribution in [2.45, 2.75) is 38.8 Å². The maximum atomic E-state index is 3.55. The van der Waals surface area contributed by atoms with Crippen LogP contribution in [0.3, 0.4) is 0 Å². The second-order valence-electron chi connectivity index (χ2n) is 5.28. The molecule has 3 rings (SSSR count). The smallest absolute Gasteiger partial charge is 0.0484 e. The van der Waals surface area contributed by atoms with E-state index in [0.717, 1.165) is 13.1 Å². The van der Waals surface area contributed by atoms with Crippen LogP contribution in [0.5, 0.6) is 0 Å². The van der Waals surface area contributed by atoms with Gasteiger partial charge in [0.15, 0.2) is 0 Å². The van der Waals surface area contributed by atoms with E-state index in [4.69, 9.17) is 0 Å². The molecule has 0 radical (unpaired) electrons. The molecule has 2 aliphatic heterocycles. The minimum absolute atomic E-state index is 0.614. The predicted octanol–water partition coefficient (Wildman–Crippen LogP) is 2.28. The summed E-state index contributed by atoms with van der Waals surface area (Å²) in [7, 11) is 0. The second kappa shape index (κ2) is 3.49. The van der Waals surface area contributed by atoms with Gasteiger partial charge in [0.2, 0.25) is 0 Å². The highest BCUT2D eigenvalue weighted by molar-refractivity contribution is 5.67. The van der Waals surface area contributed by atoms with Crippen LogP contribution >= 0.6 is 0 Å². The molecule has 2 heteroatoms. The summed E-state index contributed by atoms with van der Waals surface area (Å²) in [6.07, 6.45) is 0. The summed E-state index contributed by atoms with van der Waals surface area (Å²) in [6, 6.07) is 8.01. The molecule has 1 saturated heterocycles. The number of benzene rings is 1. The molecule has 3 atom stereocenters. The molecule has 1 fully saturated rings. The third-order valence-corrected chi connectivity index (χ3v) is 4.22. The van der Waals surface area contributed by atoms with Crippen LogP contribution in [-0.4, -0.2) is 25.2 Å². The van der Waals surface area contributed by atoms with E-state index in [1.807, 2.05) is 0 Å². The number of piperazine rings is 1. The fraction of sp³-hybridized carbons (Fsp3) is 0.571. The van der Waals surface area contributed by atoms with Gasteiger partial charge in [-0.25, -0.2) is 0 Å². The molecule has 1 unspecified atom stereocenters. The van der Waals surface area contributed by atoms with E-state index in [1.54, 1.807) is 5.56 Å². The summed E-state index contributed by atoms with van der Waals surface area (Å²) < 4.78 is 0. The van der Waals surface area contributed by atoms with Crippen LogP contribution in [0.1, 0.15) is 30.9 Å². The highest BCUT2D eigenvalue weighted by Crippen LogP contribution is 2.44. The summed E-state index contributed by atoms with van der Waals surface area (Å²) in [4.78, 5) is 2.64. The van der Waals surface area contributed by atoms with Crippen molar-refractivity contribution in [3.63, 3.8) is 0 Å². The molecular weight excluding hydrogens is 196 g/mol. The monoisotopic (exact) mass is 216 g/mol. The Morgan fingerprint density at radius 3 is 2.88 bits per heavy atom. The lowest BCUT2D eigenvalue weighted by Crippen LogP contribution is -2.55. The third kappa shape index (κ3) is 1.23. The van der Waals surface area contributed by atoms with Crippen LogP contribution in [-0.2, 0) is 0 Å². The Kier molecular flexibility index (Phi) is 2.21. The number of fused-ring (bicyclic) bond motifs is 3. The molecule has 0 spiro atoms. The van der Waals surface area contributed by atoms with Crippen LogP contribution < -0.4 is 10.2 Å². The quantitative estimate of drug-likeness (QED) is 0.715. The topological polar surface area (TPSA) is 15.3 Å². The minimum Gasteiger partial charge on any atom is -0.362 e. The molecule has 16 heavy (non-hydrogen) atoms. The highest BCUT2D eigenvalue weighted by Gasteiger charge is 2.40. The molecule has 2 heterocycles. The Hall–Kier alpha value is -1.02. The molecule has 1 N–H and O–H groups in total. The second-order valence-corrected chi connectivity index (χ2v) is 5.28. The molecular formula is C14H20N2. The molecule has 0 amide bonds. The van der Waals surface area contributed by atoms with Crippen LogP contribution in [0.2, 0.25) is 0 Å². The molecule has 0 aliphatic carbocycles. The zero-order chi connectivity index (χ0) is 11.3. The number of nitrogens with zero attached hydrogens (tertiary/aromatic N) is 1. The van der Waals surface area contributed by atoms with Crippen LogP contribution in [0.4, 0.5) is 5.69 Å². The summed E-state index contributed by atoms with van der Waals surface area (Å²) in [5.41, 5.74) is 4.48. The number of anilines is 1. The first-order chi connectivity index (χ1) is 7.70. The molecule has 2 aliphatic rings. The van der Waals surface area contributed by atoms with Crippen LogP contribution in [0.25, 0.3) is 0 Å². The Labute approximate surface area is 97.6 Å². The minimum atomic E-state index is 0.614. The predicted molar refractivity (Wildman–Crippen MR) is 68.2 cm³/mol. The van der Waals surface area contributed by atoms with Crippen molar-refractivity contribution in [1.82, 2.24) is 5.32 Å². The summed E-state index contributed by atoms with van der Waals surface area (Å²) in [5.74, 6) is 0.658. The van der Waals surface area contributed by atoms with E-state index in [-0.39, 0.29) is 0 Å². The summed E-state index contributed by atoms with van der Waals surface area (Å²) >= 11 is 0. The van der Waals surface area contributed by atoms with Crippen LogP contribution in [0, 0.1) is 6.92 Å². The van der Waals surface area contributed by atoms with Crippen molar-refractivity contribution >= 4 is 5.69 Å². The molecule has 2 nitrogen and oxygen atoms in total. The van der Waals surface area contributed by atoms with E-state index in [0.29, 0.717) is 18.0 Å². The van der Waals surface area contributed by atoms with Crippen molar-refractivity contribution in [2.75, 3.05) is 18.0 Å². The van der Waals surface area contributed by atoms with Crippen molar-refractivity contribution in [3.05, 3.63) is 29.3 Å². The van der Waals surface area contributed by atoms with E-state index >= 15 is 0 Å². The normalized spacial score (nSPS) is 32.4. The van der Waals surface area contributed by atoms with Gasteiger partial charge in [0.1, 0.15) is 0 Å². The van der Waals surface area contributed by atoms with Crippen LogP contribution in [0.15, 0.2) is 18.2 Å². The van der Waals surface area contributed by atoms with Gasteiger partial charge in [-0.15, -0.1) is 0 Å². The molecule has 1 aromatic carbocycles. The Morgan fingerprint density at radius 1 is 1.25 bits per heavy atom. The van der Waals surface area contributed by atoms with Gasteiger partial charge in [-0.05, 0) is 25.0 Å². The van der Waals surface area contributed by atoms with Gasteiger partial charge in [0, 0.05) is 36.8 Å². The van der Waals surface area contributed by atoms with Gasteiger partial charge < -0.3 is 10.2 Å². The summed E-state index contributed by atoms with van der Waals surface area (Å²) in [5, 5.41) is 3.55. The third-order valence-electron chi connectivity index (χ3n) is 4.22. The van der Waals surface area contributed by atoms with Crippen molar-refractivity contribution in [1.29, 1.82) is 0 Å². The number of para-hydroxylation sites is 1. The fourth-order valence-electron chi connectivity index (χ4n) is 3.38. The standard InChI is InChI=1S/C14H20N2/c1-9-5-4-6-12-11(3)13-8-15-7-10(2)16(13)14(9)12/h4-6,10-11,13,15H,7-8H2,1-3H3/t10-,11?,13+/m1/s1. The number of aryl methyl sites for hydroxylation is 1. The lowest BCUT2D eigenvalue weighted by atomic mass is 9.95. The largest absolute Gasteiger partial charge is 0.362 e. The van der Waals surface area contributed by atoms with E-state index in [2.05, 4.69) is 49.2 Å². The molecule has 0 saturated carbocycles. The fourth-order valence-corrected chi connectivity index (χ4v) is 3.38. The van der Waals surface area contributed by atoms with Crippen molar-refractivity contribution in [2.24, 2.45) is 0 Å². The number of hydrogen-bond acceptors (Lipinski definition) is 2. The lowest BCUT2D eigenvalue weighted by molar-refractivity contribution is 0.402. The van der Waals surface area contributed by atoms with Crippen molar-refractivity contribution < 1.29 is 0 Å². The van der Waals surface area contributed by atoms with Gasteiger partial charge in [-0.2, -0.15) is 0 Å². The number of hydrogen-bond donors (Lipinski definition) is 1. The first-order valence-electron chi connectivity index (χ1n) is 6.28. The Balaban J connectivity index is 2.14. The summed E-state index contributed by atoms with van der Waals surface area (Å²) in [6.45, 7) is 9.16. The van der Waals surface area contributed by atoms with Gasteiger partial charge in [-0.3, -0.25) is 0 Å². The maximum absolute atomic E-state index is 3.55.